The Balaban J connectivity index is 0.000000158. The van der Waals surface area contributed by atoms with E-state index in [1.807, 2.05) is 113 Å². The van der Waals surface area contributed by atoms with E-state index < -0.39 is 16.1 Å². The van der Waals surface area contributed by atoms with Crippen LogP contribution in [0.1, 0.15) is 118 Å². The summed E-state index contributed by atoms with van der Waals surface area (Å²) in [6.07, 6.45) is 13.2. The Hall–Kier alpha value is -10.9. The highest BCUT2D eigenvalue weighted by molar-refractivity contribution is 9.10. The Morgan fingerprint density at radius 3 is 1.15 bits per heavy atom. The molecule has 0 bridgehead atoms. The lowest BCUT2D eigenvalue weighted by atomic mass is 9.98. The number of anilines is 1. The Labute approximate surface area is 647 Å². The summed E-state index contributed by atoms with van der Waals surface area (Å²) in [4.78, 5) is 29.9. The number of carbonyl (C=O) groups excluding carboxylic acids is 1. The number of benzodiazepines with no additional fused rings is 1. The molecule has 0 unspecified atom stereocenters. The van der Waals surface area contributed by atoms with Crippen LogP contribution >= 0.6 is 31.9 Å². The number of rotatable bonds is 4. The van der Waals surface area contributed by atoms with Crippen LogP contribution in [0.5, 0.6) is 0 Å². The normalized spacial score (nSPS) is 13.2. The topological polar surface area (TPSA) is 180 Å². The van der Waals surface area contributed by atoms with E-state index in [9.17, 15) is 22.4 Å². The van der Waals surface area contributed by atoms with Crippen LogP contribution in [0.3, 0.4) is 0 Å². The zero-order valence-electron chi connectivity index (χ0n) is 59.9. The molecule has 8 heterocycles. The van der Waals surface area contributed by atoms with Crippen LogP contribution in [0.4, 0.5) is 23.2 Å². The van der Waals surface area contributed by atoms with Gasteiger partial charge in [0.15, 0.2) is 17.5 Å². The number of carbonyl (C=O) groups is 1. The van der Waals surface area contributed by atoms with E-state index in [0.29, 0.717) is 87.4 Å². The van der Waals surface area contributed by atoms with Crippen LogP contribution in [0.15, 0.2) is 199 Å². The van der Waals surface area contributed by atoms with E-state index in [1.54, 1.807) is 66.7 Å². The number of hydrogen-bond acceptors (Lipinski definition) is 12. The number of nitrogens with zero attached hydrogens (tertiary/aromatic N) is 13. The molecule has 0 saturated carbocycles. The molecule has 8 aromatic carbocycles. The molecule has 0 aliphatic carbocycles. The summed E-state index contributed by atoms with van der Waals surface area (Å²) in [6, 6.07) is 49.4. The van der Waals surface area contributed by atoms with Crippen molar-refractivity contribution in [1.82, 2.24) is 44.3 Å². The third kappa shape index (κ3) is 19.4. The van der Waals surface area contributed by atoms with Gasteiger partial charge in [-0.25, -0.2) is 17.6 Å². The third-order valence-corrected chi connectivity index (χ3v) is 19.4. The third-order valence-electron chi connectivity index (χ3n) is 16.7. The van der Waals surface area contributed by atoms with Gasteiger partial charge < -0.3 is 10.1 Å². The average Bonchev–Trinajstić information content (AvgIpc) is 1.61. The highest BCUT2D eigenvalue weighted by atomic mass is 79.9. The highest BCUT2D eigenvalue weighted by Crippen LogP contribution is 2.33. The molecule has 24 heteroatoms. The lowest BCUT2D eigenvalue weighted by Crippen LogP contribution is -2.16. The molecule has 1 saturated heterocycles. The monoisotopic (exact) mass is 1610 g/mol. The van der Waals surface area contributed by atoms with Crippen molar-refractivity contribution in [3.63, 3.8) is 0 Å². The molecule has 108 heavy (non-hydrogen) atoms. The maximum absolute atomic E-state index is 14.6. The second-order valence-corrected chi connectivity index (χ2v) is 38.2. The number of fused-ring (bicyclic) bond motifs is 10. The largest absolute Gasteiger partial charge is 0.381 e. The first-order chi connectivity index (χ1) is 50.9. The maximum atomic E-state index is 14.6. The van der Waals surface area contributed by atoms with Gasteiger partial charge in [-0.2, -0.15) is 0 Å². The molecule has 1 fully saturated rings. The number of hydrogen-bond donors (Lipinski definition) is 1. The molecule has 3 aromatic heterocycles. The van der Waals surface area contributed by atoms with Crippen molar-refractivity contribution in [3.8, 4) is 52.8 Å². The summed E-state index contributed by atoms with van der Waals surface area (Å²) in [6.45, 7) is 21.8. The van der Waals surface area contributed by atoms with Gasteiger partial charge in [0.05, 0.1) is 45.6 Å². The van der Waals surface area contributed by atoms with Gasteiger partial charge in [-0.3, -0.25) is 38.5 Å². The van der Waals surface area contributed by atoms with E-state index in [1.165, 1.54) is 37.1 Å². The van der Waals surface area contributed by atoms with Gasteiger partial charge in [-0.1, -0.05) is 146 Å². The summed E-state index contributed by atoms with van der Waals surface area (Å²) in [5.74, 6) is 8.99. The summed E-state index contributed by atoms with van der Waals surface area (Å²) in [5, 5.41) is 27.8. The van der Waals surface area contributed by atoms with Gasteiger partial charge in [0, 0.05) is 77.8 Å². The lowest BCUT2D eigenvalue weighted by molar-refractivity contribution is -0.114. The molecule has 1 amide bonds. The number of terminal acetylenes is 2. The van der Waals surface area contributed by atoms with Crippen LogP contribution in [0.25, 0.3) is 17.1 Å². The number of aromatic nitrogens is 9. The van der Waals surface area contributed by atoms with Gasteiger partial charge in [-0.15, -0.1) is 54.5 Å². The fourth-order valence-electron chi connectivity index (χ4n) is 11.6. The first-order valence-corrected chi connectivity index (χ1v) is 42.6. The second-order valence-electron chi connectivity index (χ2n) is 26.8. The van der Waals surface area contributed by atoms with Gasteiger partial charge in [0.25, 0.3) is 0 Å². The van der Waals surface area contributed by atoms with Crippen molar-refractivity contribution in [2.24, 2.45) is 20.0 Å². The number of halogens is 6. The second kappa shape index (κ2) is 36.1. The molecule has 5 aliphatic heterocycles. The van der Waals surface area contributed by atoms with E-state index in [-0.39, 0.29) is 50.6 Å². The van der Waals surface area contributed by atoms with Crippen LogP contribution in [0.2, 0.25) is 39.3 Å². The minimum Gasteiger partial charge on any atom is -0.381 e. The number of ether oxygens (including phenoxy) is 1. The summed E-state index contributed by atoms with van der Waals surface area (Å²) < 4.78 is 69.9. The average molecular weight is 1610 g/mol. The van der Waals surface area contributed by atoms with Crippen LogP contribution < -0.4 is 5.32 Å². The van der Waals surface area contributed by atoms with Crippen molar-refractivity contribution in [2.75, 3.05) is 25.1 Å². The Kier molecular flexibility index (Phi) is 27.1. The smallest absolute Gasteiger partial charge is 0.246 e. The first kappa shape index (κ1) is 81.2. The van der Waals surface area contributed by atoms with Crippen molar-refractivity contribution in [2.45, 2.75) is 107 Å². The molecule has 11 aromatic rings. The fourth-order valence-corrected chi connectivity index (χ4v) is 12.9. The molecule has 0 radical (unpaired) electrons. The first-order valence-electron chi connectivity index (χ1n) is 34.0. The van der Waals surface area contributed by atoms with Crippen molar-refractivity contribution in [3.05, 3.63) is 293 Å². The lowest BCUT2D eigenvalue weighted by Gasteiger charge is -2.13. The Bertz CT molecular complexity index is 5440. The van der Waals surface area contributed by atoms with Crippen molar-refractivity contribution in [1.29, 1.82) is 0 Å². The standard InChI is InChI=1S/C22H21FN4Si.C19H13FN4.C17H12BrFN4.C15H10BrFN2O.C5H10Si.C4H8O.2CH4/c1-15-25-26-21-14-24-22(17-7-5-6-8-19(17)23)18-13-16(11-12-28(2,3)4)9-10-20(18)27(15)21;1-3-13-8-9-17-15(10-13)19(14-6-4-5-7-16(14)20)21-11-18-23-22-12(2)24(17)18;1-10-21-22-16-9-20-17(12-4-2-3-5-14(12)19)13-8-11(18)6-7-15(13)23(10)16;16-9-5-6-13-11(7-9)15(18-8-14(20)19-13)10-3-1-2-4-12(10)17;1-5-6(2,3)4;1-2-4-5-3-1;;/h5-10,13H,14H2,1-4H3;1,4-10H,11H2,2H3;2-8H,9H2,1H3;1-7H,8H2,(H,19,20);1H,2-4H3;1-4H2;2*1H4. The van der Waals surface area contributed by atoms with Gasteiger partial charge >= 0.3 is 0 Å². The minimum absolute atomic E-state index is 0. The quantitative estimate of drug-likeness (QED) is 0.103. The Morgan fingerprint density at radius 1 is 0.435 bits per heavy atom. The van der Waals surface area contributed by atoms with Gasteiger partial charge in [0.1, 0.15) is 83.1 Å². The van der Waals surface area contributed by atoms with Crippen LogP contribution in [-0.2, 0) is 29.2 Å². The fraction of sp³-hybridized carbons (Fsp3) is 0.226. The van der Waals surface area contributed by atoms with Crippen LogP contribution in [-0.4, -0.2) is 109 Å². The summed E-state index contributed by atoms with van der Waals surface area (Å²) in [5.41, 5.74) is 18.3. The highest BCUT2D eigenvalue weighted by Gasteiger charge is 2.28. The predicted octanol–water partition coefficient (Wildman–Crippen LogP) is 18.1. The zero-order valence-corrected chi connectivity index (χ0v) is 65.0. The minimum atomic E-state index is -1.51. The predicted molar refractivity (Wildman–Crippen MR) is 437 cm³/mol. The molecule has 16 nitrogen and oxygen atoms in total. The molecule has 550 valence electrons. The van der Waals surface area contributed by atoms with E-state index in [4.69, 9.17) is 22.6 Å². The SMILES string of the molecule is C.C.C#C[Si](C)(C)C.C#Cc1ccc2c(c1)C(c1ccccc1F)=NCc1nnc(C)n1-2.C1CCOC1.Cc1nnc2n1-c1ccc(Br)cc1C(c1ccccc1F)=NC2.Cc1nnc2n1-c1ccc(C#C[Si](C)(C)C)cc1C(c1ccccc1F)=NC2.O=C1CN=C(c2ccccc2F)c2cc(Br)ccc2N1. The van der Waals surface area contributed by atoms with Gasteiger partial charge in [0.2, 0.25) is 5.91 Å². The number of aryl methyl sites for hydroxylation is 3. The molecule has 1 N–H and O–H groups in total. The summed E-state index contributed by atoms with van der Waals surface area (Å²) in [7, 11) is -2.61. The summed E-state index contributed by atoms with van der Waals surface area (Å²) >= 11 is 6.88. The van der Waals surface area contributed by atoms with E-state index >= 15 is 0 Å². The van der Waals surface area contributed by atoms with Crippen LogP contribution in [0, 0.1) is 79.8 Å². The molecular weight excluding hydrogens is 1530 g/mol. The maximum Gasteiger partial charge on any atom is 0.246 e. The zero-order chi connectivity index (χ0) is 75.4. The Morgan fingerprint density at radius 2 is 0.778 bits per heavy atom. The van der Waals surface area contributed by atoms with Crippen molar-refractivity contribution < 1.29 is 27.1 Å². The number of nitrogens with one attached hydrogen (secondary N) is 1. The van der Waals surface area contributed by atoms with Crippen molar-refractivity contribution >= 4 is 82.4 Å². The van der Waals surface area contributed by atoms with Gasteiger partial charge in [-0.05, 0) is 155 Å². The number of aliphatic imine (C=N–C) groups is 4. The number of amides is 1. The molecule has 0 atom stereocenters. The molecule has 5 aliphatic rings. The molecule has 16 rings (SSSR count). The van der Waals surface area contributed by atoms with E-state index in [0.717, 1.165) is 90.6 Å². The number of benzene rings is 8. The van der Waals surface area contributed by atoms with E-state index in [2.05, 4.69) is 145 Å². The molecular formula is C84H82Br2F4N14O2Si2. The molecule has 0 spiro atoms.